The molecule has 0 aliphatic rings. The second-order valence-electron chi connectivity index (χ2n) is 3.51. The SMILES string of the molecule is CCc1ccc(C(CC(=O)O)NC(C)=O)o1. The van der Waals surface area contributed by atoms with Gasteiger partial charge in [0.2, 0.25) is 5.91 Å². The van der Waals surface area contributed by atoms with Gasteiger partial charge >= 0.3 is 5.97 Å². The standard InChI is InChI=1S/C11H15NO4/c1-3-8-4-5-10(16-8)9(6-11(14)15)12-7(2)13/h4-5,9H,3,6H2,1-2H3,(H,12,13)(H,14,15). The fraction of sp³-hybridized carbons (Fsp3) is 0.455. The first kappa shape index (κ1) is 12.3. The van der Waals surface area contributed by atoms with E-state index in [2.05, 4.69) is 5.32 Å². The lowest BCUT2D eigenvalue weighted by Crippen LogP contribution is -2.27. The number of carbonyl (C=O) groups is 2. The molecule has 1 aromatic rings. The number of carboxylic acids is 1. The molecule has 2 N–H and O–H groups in total. The molecule has 88 valence electrons. The second-order valence-corrected chi connectivity index (χ2v) is 3.51. The molecule has 0 spiro atoms. The summed E-state index contributed by atoms with van der Waals surface area (Å²) in [7, 11) is 0. The molecule has 0 aliphatic carbocycles. The van der Waals surface area contributed by atoms with Crippen molar-refractivity contribution < 1.29 is 19.1 Å². The van der Waals surface area contributed by atoms with Crippen molar-refractivity contribution in [1.29, 1.82) is 0 Å². The molecular formula is C11H15NO4. The minimum Gasteiger partial charge on any atom is -0.481 e. The van der Waals surface area contributed by atoms with Crippen LogP contribution >= 0.6 is 0 Å². The normalized spacial score (nSPS) is 12.1. The van der Waals surface area contributed by atoms with Crippen LogP contribution in [-0.2, 0) is 16.0 Å². The molecule has 0 radical (unpaired) electrons. The average Bonchev–Trinajstić information content (AvgIpc) is 2.63. The van der Waals surface area contributed by atoms with Crippen LogP contribution in [0, 0.1) is 0 Å². The first-order chi connectivity index (χ1) is 7.52. The first-order valence-corrected chi connectivity index (χ1v) is 5.10. The Kier molecular flexibility index (Phi) is 4.10. The van der Waals surface area contributed by atoms with Gasteiger partial charge in [-0.05, 0) is 12.1 Å². The van der Waals surface area contributed by atoms with E-state index in [9.17, 15) is 9.59 Å². The highest BCUT2D eigenvalue weighted by Crippen LogP contribution is 2.20. The van der Waals surface area contributed by atoms with Crippen LogP contribution < -0.4 is 5.32 Å². The molecule has 1 atom stereocenters. The number of aliphatic carboxylic acids is 1. The van der Waals surface area contributed by atoms with Gasteiger partial charge in [-0.15, -0.1) is 0 Å². The van der Waals surface area contributed by atoms with Crippen LogP contribution in [0.25, 0.3) is 0 Å². The molecule has 0 saturated carbocycles. The molecule has 1 amide bonds. The van der Waals surface area contributed by atoms with Gasteiger partial charge < -0.3 is 14.8 Å². The van der Waals surface area contributed by atoms with Gasteiger partial charge in [-0.3, -0.25) is 9.59 Å². The second kappa shape index (κ2) is 5.34. The Bertz CT molecular complexity index is 367. The maximum atomic E-state index is 10.9. The van der Waals surface area contributed by atoms with Crippen molar-refractivity contribution in [2.45, 2.75) is 32.7 Å². The third kappa shape index (κ3) is 3.42. The molecule has 0 aromatic carbocycles. The number of amides is 1. The number of furan rings is 1. The van der Waals surface area contributed by atoms with E-state index in [0.717, 1.165) is 12.2 Å². The molecule has 1 heterocycles. The largest absolute Gasteiger partial charge is 0.481 e. The van der Waals surface area contributed by atoms with Crippen LogP contribution in [0.5, 0.6) is 0 Å². The lowest BCUT2D eigenvalue weighted by Gasteiger charge is -2.12. The highest BCUT2D eigenvalue weighted by Gasteiger charge is 2.19. The summed E-state index contributed by atoms with van der Waals surface area (Å²) in [6.45, 7) is 3.28. The van der Waals surface area contributed by atoms with Gasteiger partial charge in [-0.1, -0.05) is 6.92 Å². The lowest BCUT2D eigenvalue weighted by atomic mass is 10.1. The molecule has 1 aromatic heterocycles. The van der Waals surface area contributed by atoms with Crippen LogP contribution in [0.3, 0.4) is 0 Å². The number of carboxylic acid groups (broad SMARTS) is 1. The maximum absolute atomic E-state index is 10.9. The van der Waals surface area contributed by atoms with Gasteiger partial charge in [0.25, 0.3) is 0 Å². The van der Waals surface area contributed by atoms with Gasteiger partial charge in [0.15, 0.2) is 0 Å². The minimum absolute atomic E-state index is 0.184. The Labute approximate surface area is 93.4 Å². The topological polar surface area (TPSA) is 79.5 Å². The summed E-state index contributed by atoms with van der Waals surface area (Å²) in [5, 5.41) is 11.3. The van der Waals surface area contributed by atoms with E-state index in [1.807, 2.05) is 6.92 Å². The number of carbonyl (C=O) groups excluding carboxylic acids is 1. The Morgan fingerprint density at radius 2 is 2.19 bits per heavy atom. The highest BCUT2D eigenvalue weighted by molar-refractivity contribution is 5.75. The van der Waals surface area contributed by atoms with Crippen molar-refractivity contribution in [3.8, 4) is 0 Å². The summed E-state index contributed by atoms with van der Waals surface area (Å²) in [6.07, 6.45) is 0.552. The van der Waals surface area contributed by atoms with Crippen molar-refractivity contribution in [3.05, 3.63) is 23.7 Å². The Balaban J connectivity index is 2.82. The molecule has 1 rings (SSSR count). The Morgan fingerprint density at radius 1 is 1.50 bits per heavy atom. The van der Waals surface area contributed by atoms with E-state index in [1.54, 1.807) is 12.1 Å². The van der Waals surface area contributed by atoms with Gasteiger partial charge in [-0.25, -0.2) is 0 Å². The summed E-state index contributed by atoms with van der Waals surface area (Å²) < 4.78 is 5.42. The molecule has 0 fully saturated rings. The van der Waals surface area contributed by atoms with Gasteiger partial charge in [0.05, 0.1) is 12.5 Å². The van der Waals surface area contributed by atoms with Crippen LogP contribution in [0.15, 0.2) is 16.5 Å². The molecule has 0 saturated heterocycles. The first-order valence-electron chi connectivity index (χ1n) is 5.10. The molecule has 5 heteroatoms. The predicted molar refractivity (Wildman–Crippen MR) is 56.9 cm³/mol. The molecule has 0 aliphatic heterocycles. The van der Waals surface area contributed by atoms with Crippen molar-refractivity contribution in [2.24, 2.45) is 0 Å². The number of rotatable bonds is 5. The van der Waals surface area contributed by atoms with E-state index >= 15 is 0 Å². The van der Waals surface area contributed by atoms with Crippen molar-refractivity contribution in [3.63, 3.8) is 0 Å². The van der Waals surface area contributed by atoms with Crippen molar-refractivity contribution in [1.82, 2.24) is 5.32 Å². The van der Waals surface area contributed by atoms with E-state index in [4.69, 9.17) is 9.52 Å². The zero-order valence-electron chi connectivity index (χ0n) is 9.32. The average molecular weight is 225 g/mol. The van der Waals surface area contributed by atoms with Crippen LogP contribution in [0.4, 0.5) is 0 Å². The van der Waals surface area contributed by atoms with Crippen LogP contribution in [0.2, 0.25) is 0 Å². The summed E-state index contributed by atoms with van der Waals surface area (Å²) in [6, 6.07) is 2.88. The quantitative estimate of drug-likeness (QED) is 0.795. The third-order valence-electron chi connectivity index (χ3n) is 2.13. The van der Waals surface area contributed by atoms with E-state index in [1.165, 1.54) is 6.92 Å². The Hall–Kier alpha value is -1.78. The zero-order valence-corrected chi connectivity index (χ0v) is 9.32. The number of nitrogens with one attached hydrogen (secondary N) is 1. The summed E-state index contributed by atoms with van der Waals surface area (Å²) >= 11 is 0. The number of hydrogen-bond acceptors (Lipinski definition) is 3. The predicted octanol–water partition coefficient (Wildman–Crippen LogP) is 1.49. The van der Waals surface area contributed by atoms with Crippen molar-refractivity contribution >= 4 is 11.9 Å². The van der Waals surface area contributed by atoms with Crippen LogP contribution in [0.1, 0.15) is 37.8 Å². The number of hydrogen-bond donors (Lipinski definition) is 2. The number of aryl methyl sites for hydroxylation is 1. The van der Waals surface area contributed by atoms with Crippen molar-refractivity contribution in [2.75, 3.05) is 0 Å². The summed E-state index contributed by atoms with van der Waals surface area (Å²) in [5.41, 5.74) is 0. The molecule has 5 nitrogen and oxygen atoms in total. The molecular weight excluding hydrogens is 210 g/mol. The zero-order chi connectivity index (χ0) is 12.1. The maximum Gasteiger partial charge on any atom is 0.305 e. The highest BCUT2D eigenvalue weighted by atomic mass is 16.4. The molecule has 16 heavy (non-hydrogen) atoms. The van der Waals surface area contributed by atoms with E-state index in [0.29, 0.717) is 5.76 Å². The fourth-order valence-electron chi connectivity index (χ4n) is 1.41. The van der Waals surface area contributed by atoms with Gasteiger partial charge in [-0.2, -0.15) is 0 Å². The molecule has 1 unspecified atom stereocenters. The summed E-state index contributed by atoms with van der Waals surface area (Å²) in [4.78, 5) is 21.6. The van der Waals surface area contributed by atoms with E-state index < -0.39 is 12.0 Å². The monoisotopic (exact) mass is 225 g/mol. The van der Waals surface area contributed by atoms with Gasteiger partial charge in [0.1, 0.15) is 11.5 Å². The van der Waals surface area contributed by atoms with E-state index in [-0.39, 0.29) is 12.3 Å². The minimum atomic E-state index is -0.979. The van der Waals surface area contributed by atoms with Crippen LogP contribution in [-0.4, -0.2) is 17.0 Å². The van der Waals surface area contributed by atoms with Gasteiger partial charge in [0, 0.05) is 13.3 Å². The Morgan fingerprint density at radius 3 is 2.62 bits per heavy atom. The third-order valence-corrected chi connectivity index (χ3v) is 2.13. The fourth-order valence-corrected chi connectivity index (χ4v) is 1.41. The smallest absolute Gasteiger partial charge is 0.305 e. The molecule has 0 bridgehead atoms. The lowest BCUT2D eigenvalue weighted by molar-refractivity contribution is -0.137. The summed E-state index contributed by atoms with van der Waals surface area (Å²) in [5.74, 6) is -0.000845.